The fourth-order valence-electron chi connectivity index (χ4n) is 2.80. The third-order valence-electron chi connectivity index (χ3n) is 4.07. The van der Waals surface area contributed by atoms with E-state index in [1.54, 1.807) is 4.80 Å². The van der Waals surface area contributed by atoms with Gasteiger partial charge in [0, 0.05) is 11.7 Å². The summed E-state index contributed by atoms with van der Waals surface area (Å²) in [5, 5.41) is 23.3. The first-order valence-corrected chi connectivity index (χ1v) is 8.81. The Morgan fingerprint density at radius 1 is 1.04 bits per heavy atom. The fraction of sp³-hybridized carbons (Fsp3) is 0.316. The number of tetrazole rings is 1. The van der Waals surface area contributed by atoms with Crippen molar-refractivity contribution in [2.75, 3.05) is 0 Å². The van der Waals surface area contributed by atoms with Crippen molar-refractivity contribution in [3.05, 3.63) is 60.2 Å². The molecule has 0 bridgehead atoms. The van der Waals surface area contributed by atoms with Crippen LogP contribution >= 0.6 is 0 Å². The molecule has 26 heavy (non-hydrogen) atoms. The predicted octanol–water partition coefficient (Wildman–Crippen LogP) is 2.26. The summed E-state index contributed by atoms with van der Waals surface area (Å²) in [5.74, 6) is 0.479. The van der Waals surface area contributed by atoms with Crippen LogP contribution in [0.25, 0.3) is 11.4 Å². The predicted molar refractivity (Wildman–Crippen MR) is 102 cm³/mol. The molecular formula is C19H23BN4O2. The molecule has 1 atom stereocenters. The molecule has 7 heteroatoms. The summed E-state index contributed by atoms with van der Waals surface area (Å²) in [4.78, 5) is 1.62. The minimum atomic E-state index is -1.03. The van der Waals surface area contributed by atoms with Gasteiger partial charge in [-0.05, 0) is 43.4 Å². The SMILES string of the molecule is CC(C)OB(O)c1ccccc1-c1nnn(C(C)Cc2ccccc2)n1. The highest BCUT2D eigenvalue weighted by atomic mass is 16.5. The van der Waals surface area contributed by atoms with Gasteiger partial charge in [0.1, 0.15) is 0 Å². The Hall–Kier alpha value is -2.51. The molecule has 0 radical (unpaired) electrons. The summed E-state index contributed by atoms with van der Waals surface area (Å²) in [6.45, 7) is 5.82. The van der Waals surface area contributed by atoms with Crippen molar-refractivity contribution in [1.29, 1.82) is 0 Å². The smallest absolute Gasteiger partial charge is 0.423 e. The van der Waals surface area contributed by atoms with Crippen molar-refractivity contribution in [1.82, 2.24) is 20.2 Å². The monoisotopic (exact) mass is 350 g/mol. The number of benzene rings is 2. The summed E-state index contributed by atoms with van der Waals surface area (Å²) >= 11 is 0. The van der Waals surface area contributed by atoms with Crippen LogP contribution in [0.2, 0.25) is 0 Å². The molecule has 0 aliphatic rings. The van der Waals surface area contributed by atoms with Crippen LogP contribution < -0.4 is 5.46 Å². The second-order valence-electron chi connectivity index (χ2n) is 6.60. The summed E-state index contributed by atoms with van der Waals surface area (Å²) in [6.07, 6.45) is 0.727. The maximum Gasteiger partial charge on any atom is 0.492 e. The molecule has 0 aliphatic heterocycles. The van der Waals surface area contributed by atoms with Crippen LogP contribution in [0.3, 0.4) is 0 Å². The van der Waals surface area contributed by atoms with Crippen LogP contribution in [0, 0.1) is 0 Å². The van der Waals surface area contributed by atoms with E-state index in [4.69, 9.17) is 4.65 Å². The van der Waals surface area contributed by atoms with Gasteiger partial charge in [0.25, 0.3) is 0 Å². The van der Waals surface area contributed by atoms with Gasteiger partial charge in [0.15, 0.2) is 0 Å². The zero-order valence-electron chi connectivity index (χ0n) is 15.3. The Kier molecular flexibility index (Phi) is 5.80. The van der Waals surface area contributed by atoms with Crippen LogP contribution in [0.1, 0.15) is 32.4 Å². The van der Waals surface area contributed by atoms with Crippen molar-refractivity contribution < 1.29 is 9.68 Å². The molecule has 2 aromatic carbocycles. The van der Waals surface area contributed by atoms with Crippen LogP contribution in [0.4, 0.5) is 0 Å². The normalized spacial score (nSPS) is 12.3. The summed E-state index contributed by atoms with van der Waals surface area (Å²) in [5.41, 5.74) is 2.58. The molecule has 0 fully saturated rings. The molecule has 1 N–H and O–H groups in total. The molecule has 0 spiro atoms. The number of rotatable bonds is 7. The molecule has 1 heterocycles. The molecule has 3 rings (SSSR count). The summed E-state index contributed by atoms with van der Waals surface area (Å²) in [7, 11) is -1.03. The largest absolute Gasteiger partial charge is 0.492 e. The second kappa shape index (κ2) is 8.25. The maximum absolute atomic E-state index is 10.3. The number of hydrogen-bond donors (Lipinski definition) is 1. The number of nitrogens with zero attached hydrogens (tertiary/aromatic N) is 4. The first-order valence-electron chi connectivity index (χ1n) is 8.81. The quantitative estimate of drug-likeness (QED) is 0.662. The Balaban J connectivity index is 1.82. The summed E-state index contributed by atoms with van der Waals surface area (Å²) in [6, 6.07) is 17.7. The lowest BCUT2D eigenvalue weighted by Crippen LogP contribution is -2.37. The van der Waals surface area contributed by atoms with Gasteiger partial charge in [0.2, 0.25) is 5.82 Å². The van der Waals surface area contributed by atoms with Gasteiger partial charge < -0.3 is 9.68 Å². The van der Waals surface area contributed by atoms with E-state index in [0.717, 1.165) is 12.0 Å². The molecule has 3 aromatic rings. The van der Waals surface area contributed by atoms with E-state index in [-0.39, 0.29) is 12.1 Å². The molecule has 1 aromatic heterocycles. The zero-order chi connectivity index (χ0) is 18.5. The van der Waals surface area contributed by atoms with Gasteiger partial charge >= 0.3 is 7.12 Å². The highest BCUT2D eigenvalue weighted by molar-refractivity contribution is 6.61. The van der Waals surface area contributed by atoms with Crippen LogP contribution in [0.15, 0.2) is 54.6 Å². The molecule has 6 nitrogen and oxygen atoms in total. The van der Waals surface area contributed by atoms with E-state index >= 15 is 0 Å². The molecule has 0 saturated heterocycles. The van der Waals surface area contributed by atoms with Crippen molar-refractivity contribution in [2.24, 2.45) is 0 Å². The minimum absolute atomic E-state index is 0.0719. The Bertz CT molecular complexity index is 838. The third-order valence-corrected chi connectivity index (χ3v) is 4.07. The van der Waals surface area contributed by atoms with Crippen molar-refractivity contribution in [3.8, 4) is 11.4 Å². The van der Waals surface area contributed by atoms with Crippen LogP contribution in [0.5, 0.6) is 0 Å². The Morgan fingerprint density at radius 2 is 1.73 bits per heavy atom. The topological polar surface area (TPSA) is 73.1 Å². The van der Waals surface area contributed by atoms with Crippen molar-refractivity contribution in [3.63, 3.8) is 0 Å². The van der Waals surface area contributed by atoms with Gasteiger partial charge in [-0.25, -0.2) is 0 Å². The van der Waals surface area contributed by atoms with Gasteiger partial charge in [-0.3, -0.25) is 0 Å². The summed E-state index contributed by atoms with van der Waals surface area (Å²) < 4.78 is 5.50. The van der Waals surface area contributed by atoms with Gasteiger partial charge in [-0.2, -0.15) is 4.80 Å². The van der Waals surface area contributed by atoms with Crippen LogP contribution in [-0.4, -0.2) is 38.5 Å². The van der Waals surface area contributed by atoms with Gasteiger partial charge in [-0.1, -0.05) is 54.6 Å². The average molecular weight is 350 g/mol. The van der Waals surface area contributed by atoms with E-state index < -0.39 is 7.12 Å². The van der Waals surface area contributed by atoms with Crippen molar-refractivity contribution in [2.45, 2.75) is 39.3 Å². The van der Waals surface area contributed by atoms with Crippen LogP contribution in [-0.2, 0) is 11.1 Å². The van der Waals surface area contributed by atoms with E-state index in [1.165, 1.54) is 5.56 Å². The maximum atomic E-state index is 10.3. The first-order chi connectivity index (χ1) is 12.5. The molecule has 1 unspecified atom stereocenters. The molecule has 134 valence electrons. The van der Waals surface area contributed by atoms with Gasteiger partial charge in [-0.15, -0.1) is 10.2 Å². The molecule has 0 saturated carbocycles. The van der Waals surface area contributed by atoms with E-state index in [9.17, 15) is 5.02 Å². The second-order valence-corrected chi connectivity index (χ2v) is 6.60. The Morgan fingerprint density at radius 3 is 2.46 bits per heavy atom. The lowest BCUT2D eigenvalue weighted by atomic mass is 9.76. The van der Waals surface area contributed by atoms with E-state index in [2.05, 4.69) is 34.5 Å². The molecular weight excluding hydrogens is 327 g/mol. The Labute approximate surface area is 154 Å². The third kappa shape index (κ3) is 4.36. The first kappa shape index (κ1) is 18.3. The lowest BCUT2D eigenvalue weighted by Gasteiger charge is -2.13. The highest BCUT2D eigenvalue weighted by Crippen LogP contribution is 2.16. The van der Waals surface area contributed by atoms with E-state index in [1.807, 2.05) is 56.3 Å². The molecule has 0 amide bonds. The van der Waals surface area contributed by atoms with E-state index in [0.29, 0.717) is 11.3 Å². The minimum Gasteiger partial charge on any atom is -0.423 e. The standard InChI is InChI=1S/C19H23BN4O2/c1-14(2)26-20(25)18-12-8-7-11-17(18)19-21-23-24(22-19)15(3)13-16-9-5-4-6-10-16/h4-12,14-15,25H,13H2,1-3H3. The zero-order valence-corrected chi connectivity index (χ0v) is 15.3. The lowest BCUT2D eigenvalue weighted by molar-refractivity contribution is 0.207. The highest BCUT2D eigenvalue weighted by Gasteiger charge is 2.24. The van der Waals surface area contributed by atoms with Crippen molar-refractivity contribution >= 4 is 12.6 Å². The van der Waals surface area contributed by atoms with Gasteiger partial charge in [0.05, 0.1) is 6.04 Å². The number of hydrogen-bond acceptors (Lipinski definition) is 5. The number of aromatic nitrogens is 4. The average Bonchev–Trinajstić information content (AvgIpc) is 3.12. The molecule has 0 aliphatic carbocycles. The fourth-order valence-corrected chi connectivity index (χ4v) is 2.80.